The molecular weight excluding hydrogens is 110 g/mol. The van der Waals surface area contributed by atoms with Gasteiger partial charge in [0, 0.05) is 0 Å². The average molecular weight is 125 g/mol. The van der Waals surface area contributed by atoms with E-state index in [-0.39, 0.29) is 0 Å². The van der Waals surface area contributed by atoms with Crippen molar-refractivity contribution < 1.29 is 0 Å². The normalized spacial score (nSPS) is 36.1. The highest BCUT2D eigenvalue weighted by atomic mass is 14.8. The van der Waals surface area contributed by atoms with Crippen LogP contribution in [0.3, 0.4) is 0 Å². The molecule has 1 saturated carbocycles. The number of rotatable bonds is 1. The van der Waals surface area contributed by atoms with Gasteiger partial charge >= 0.3 is 0 Å². The highest BCUT2D eigenvalue weighted by Crippen LogP contribution is 2.25. The summed E-state index contributed by atoms with van der Waals surface area (Å²) in [6.45, 7) is 5.86. The van der Waals surface area contributed by atoms with Gasteiger partial charge in [0.05, 0.1) is 6.04 Å². The lowest BCUT2D eigenvalue weighted by atomic mass is 9.86. The molecule has 1 aliphatic carbocycles. The number of nitrogens with zero attached hydrogens (tertiary/aromatic N) is 1. The van der Waals surface area contributed by atoms with Crippen LogP contribution < -0.4 is 0 Å². The van der Waals surface area contributed by atoms with E-state index in [0.717, 1.165) is 5.92 Å². The second kappa shape index (κ2) is 3.00. The quantitative estimate of drug-likeness (QED) is 0.477. The third-order valence-corrected chi connectivity index (χ3v) is 2.30. The fourth-order valence-corrected chi connectivity index (χ4v) is 1.57. The summed E-state index contributed by atoms with van der Waals surface area (Å²) in [6.07, 6.45) is 5.37. The van der Waals surface area contributed by atoms with Crippen molar-refractivity contribution in [3.8, 4) is 0 Å². The number of hydrogen-bond donors (Lipinski definition) is 0. The highest BCUT2D eigenvalue weighted by molar-refractivity contribution is 5.24. The van der Waals surface area contributed by atoms with Crippen LogP contribution in [0, 0.1) is 5.92 Å². The largest absolute Gasteiger partial charge is 0.297 e. The van der Waals surface area contributed by atoms with Gasteiger partial charge in [-0.25, -0.2) is 0 Å². The Morgan fingerprint density at radius 2 is 2.00 bits per heavy atom. The second-order valence-corrected chi connectivity index (χ2v) is 3.01. The maximum Gasteiger partial charge on any atom is 0.0517 e. The molecule has 0 amide bonds. The van der Waals surface area contributed by atoms with Gasteiger partial charge in [-0.2, -0.15) is 0 Å². The van der Waals surface area contributed by atoms with Gasteiger partial charge in [-0.15, -0.1) is 0 Å². The third-order valence-electron chi connectivity index (χ3n) is 2.30. The van der Waals surface area contributed by atoms with Gasteiger partial charge in [0.1, 0.15) is 0 Å². The van der Waals surface area contributed by atoms with Crippen LogP contribution in [-0.4, -0.2) is 12.8 Å². The van der Waals surface area contributed by atoms with Gasteiger partial charge in [0.25, 0.3) is 0 Å². The van der Waals surface area contributed by atoms with Crippen LogP contribution in [0.4, 0.5) is 0 Å². The molecule has 0 bridgehead atoms. The molecule has 0 spiro atoms. The molecule has 1 fully saturated rings. The van der Waals surface area contributed by atoms with Gasteiger partial charge in [-0.05, 0) is 25.5 Å². The summed E-state index contributed by atoms with van der Waals surface area (Å²) in [5, 5.41) is 0. The molecular formula is C8H15N. The van der Waals surface area contributed by atoms with Gasteiger partial charge in [0.15, 0.2) is 0 Å². The zero-order valence-corrected chi connectivity index (χ0v) is 6.14. The minimum absolute atomic E-state index is 0.568. The maximum absolute atomic E-state index is 4.08. The molecule has 1 aliphatic rings. The molecule has 0 radical (unpaired) electrons. The molecule has 9 heavy (non-hydrogen) atoms. The molecule has 0 N–H and O–H groups in total. The third kappa shape index (κ3) is 1.54. The van der Waals surface area contributed by atoms with Crippen molar-refractivity contribution >= 4 is 6.72 Å². The number of hydrogen-bond acceptors (Lipinski definition) is 1. The van der Waals surface area contributed by atoms with E-state index >= 15 is 0 Å². The molecule has 1 heteroatoms. The lowest BCUT2D eigenvalue weighted by Gasteiger charge is -2.24. The fourth-order valence-electron chi connectivity index (χ4n) is 1.57. The van der Waals surface area contributed by atoms with Crippen molar-refractivity contribution in [1.82, 2.24) is 0 Å². The smallest absolute Gasteiger partial charge is 0.0517 e. The monoisotopic (exact) mass is 125 g/mol. The van der Waals surface area contributed by atoms with Crippen molar-refractivity contribution in [2.24, 2.45) is 10.9 Å². The molecule has 0 heterocycles. The predicted octanol–water partition coefficient (Wildman–Crippen LogP) is 2.27. The van der Waals surface area contributed by atoms with Crippen molar-refractivity contribution in [2.75, 3.05) is 0 Å². The summed E-state index contributed by atoms with van der Waals surface area (Å²) in [5.74, 6) is 0.788. The minimum Gasteiger partial charge on any atom is -0.297 e. The van der Waals surface area contributed by atoms with Crippen molar-refractivity contribution in [3.63, 3.8) is 0 Å². The van der Waals surface area contributed by atoms with Gasteiger partial charge in [-0.1, -0.05) is 19.8 Å². The van der Waals surface area contributed by atoms with E-state index in [9.17, 15) is 0 Å². The summed E-state index contributed by atoms with van der Waals surface area (Å²) < 4.78 is 0. The minimum atomic E-state index is 0.568. The Morgan fingerprint density at radius 1 is 1.33 bits per heavy atom. The zero-order chi connectivity index (χ0) is 6.69. The molecule has 52 valence electrons. The van der Waals surface area contributed by atoms with E-state index in [2.05, 4.69) is 18.6 Å². The Hall–Kier alpha value is -0.330. The topological polar surface area (TPSA) is 12.4 Å². The van der Waals surface area contributed by atoms with E-state index in [0.29, 0.717) is 6.04 Å². The second-order valence-electron chi connectivity index (χ2n) is 3.01. The van der Waals surface area contributed by atoms with Crippen LogP contribution in [-0.2, 0) is 0 Å². The molecule has 0 aliphatic heterocycles. The molecule has 0 aromatic rings. The summed E-state index contributed by atoms with van der Waals surface area (Å²) in [6, 6.07) is 0.568. The molecule has 0 aromatic carbocycles. The Balaban J connectivity index is 2.38. The molecule has 0 saturated heterocycles. The Morgan fingerprint density at radius 3 is 2.44 bits per heavy atom. The molecule has 2 atom stereocenters. The van der Waals surface area contributed by atoms with E-state index in [4.69, 9.17) is 0 Å². The van der Waals surface area contributed by atoms with E-state index in [1.54, 1.807) is 0 Å². The Bertz CT molecular complexity index is 98.7. The first-order valence-corrected chi connectivity index (χ1v) is 3.80. The van der Waals surface area contributed by atoms with Crippen molar-refractivity contribution in [3.05, 3.63) is 0 Å². The highest BCUT2D eigenvalue weighted by Gasteiger charge is 2.18. The zero-order valence-electron chi connectivity index (χ0n) is 6.14. The summed E-state index contributed by atoms with van der Waals surface area (Å²) in [7, 11) is 0. The maximum atomic E-state index is 4.08. The lowest BCUT2D eigenvalue weighted by molar-refractivity contribution is 0.334. The van der Waals surface area contributed by atoms with Crippen LogP contribution in [0.25, 0.3) is 0 Å². The molecule has 1 rings (SSSR count). The molecule has 0 unspecified atom stereocenters. The summed E-state index contributed by atoms with van der Waals surface area (Å²) >= 11 is 0. The SMILES string of the molecule is C=N[C@@H]1CCCC[C@@H]1C. The summed E-state index contributed by atoms with van der Waals surface area (Å²) in [5.41, 5.74) is 0. The van der Waals surface area contributed by atoms with Crippen LogP contribution >= 0.6 is 0 Å². The first-order valence-electron chi connectivity index (χ1n) is 3.80. The van der Waals surface area contributed by atoms with Gasteiger partial charge < -0.3 is 0 Å². The van der Waals surface area contributed by atoms with Gasteiger partial charge in [0.2, 0.25) is 0 Å². The first-order chi connectivity index (χ1) is 4.34. The van der Waals surface area contributed by atoms with E-state index in [1.807, 2.05) is 0 Å². The molecule has 0 aromatic heterocycles. The predicted molar refractivity (Wildman–Crippen MR) is 41.0 cm³/mol. The van der Waals surface area contributed by atoms with E-state index in [1.165, 1.54) is 25.7 Å². The number of aliphatic imine (C=N–C) groups is 1. The van der Waals surface area contributed by atoms with Crippen molar-refractivity contribution in [2.45, 2.75) is 38.6 Å². The fraction of sp³-hybridized carbons (Fsp3) is 0.875. The summed E-state index contributed by atoms with van der Waals surface area (Å²) in [4.78, 5) is 4.08. The van der Waals surface area contributed by atoms with E-state index < -0.39 is 0 Å². The van der Waals surface area contributed by atoms with Crippen LogP contribution in [0.15, 0.2) is 4.99 Å². The first kappa shape index (κ1) is 6.79. The molecule has 1 nitrogen and oxygen atoms in total. The Labute approximate surface area is 57.2 Å². The lowest BCUT2D eigenvalue weighted by Crippen LogP contribution is -2.19. The van der Waals surface area contributed by atoms with Crippen molar-refractivity contribution in [1.29, 1.82) is 0 Å². The van der Waals surface area contributed by atoms with Crippen LogP contribution in [0.5, 0.6) is 0 Å². The van der Waals surface area contributed by atoms with Crippen LogP contribution in [0.1, 0.15) is 32.6 Å². The average Bonchev–Trinajstić information content (AvgIpc) is 1.89. The Kier molecular flexibility index (Phi) is 2.26. The van der Waals surface area contributed by atoms with Gasteiger partial charge in [-0.3, -0.25) is 4.99 Å². The van der Waals surface area contributed by atoms with Crippen LogP contribution in [0.2, 0.25) is 0 Å². The standard InChI is InChI=1S/C8H15N/c1-7-5-3-4-6-8(7)9-2/h7-8H,2-6H2,1H3/t7-,8+/m0/s1.